The number of hydrogen-bond acceptors (Lipinski definition) is 4. The lowest BCUT2D eigenvalue weighted by Crippen LogP contribution is -2.10. The van der Waals surface area contributed by atoms with E-state index in [0.717, 1.165) is 0 Å². The zero-order chi connectivity index (χ0) is 13.9. The Morgan fingerprint density at radius 1 is 1.11 bits per heavy atom. The highest BCUT2D eigenvalue weighted by molar-refractivity contribution is 5.57. The van der Waals surface area contributed by atoms with Gasteiger partial charge in [0.1, 0.15) is 0 Å². The Balaban J connectivity index is 3.23. The molecule has 0 N–H and O–H groups in total. The smallest absolute Gasteiger partial charge is 0.258 e. The van der Waals surface area contributed by atoms with Crippen molar-refractivity contribution in [2.75, 3.05) is 0 Å². The van der Waals surface area contributed by atoms with Crippen LogP contribution >= 0.6 is 0 Å². The van der Waals surface area contributed by atoms with E-state index in [9.17, 15) is 20.2 Å². The van der Waals surface area contributed by atoms with Gasteiger partial charge in [0, 0.05) is 11.6 Å². The monoisotopic (exact) mass is 252 g/mol. The molecule has 0 aliphatic carbocycles. The lowest BCUT2D eigenvalue weighted by Gasteiger charge is -2.15. The van der Waals surface area contributed by atoms with Gasteiger partial charge in [0.05, 0.1) is 9.85 Å². The highest BCUT2D eigenvalue weighted by Gasteiger charge is 2.28. The molecule has 98 valence electrons. The van der Waals surface area contributed by atoms with Crippen molar-refractivity contribution < 1.29 is 9.85 Å². The molecule has 0 heterocycles. The molecule has 1 aromatic rings. The molecule has 0 aromatic heterocycles. The van der Waals surface area contributed by atoms with E-state index in [0.29, 0.717) is 17.9 Å². The van der Waals surface area contributed by atoms with Crippen LogP contribution in [0.1, 0.15) is 26.3 Å². The molecule has 0 amide bonds. The fraction of sp³-hybridized carbons (Fsp3) is 0.500. The number of rotatable bonds is 5. The highest BCUT2D eigenvalue weighted by Crippen LogP contribution is 2.32. The minimum atomic E-state index is -0.707. The molecular formula is C12H16N2O4. The molecular weight excluding hydrogens is 236 g/mol. The molecule has 0 saturated carbocycles. The second kappa shape index (κ2) is 5.57. The minimum absolute atomic E-state index is 0.228. The third-order valence-corrected chi connectivity index (χ3v) is 3.16. The number of nitro benzene ring substituents is 2. The Labute approximate surface area is 105 Å². The van der Waals surface area contributed by atoms with Crippen LogP contribution < -0.4 is 0 Å². The van der Waals surface area contributed by atoms with E-state index in [2.05, 4.69) is 0 Å². The summed E-state index contributed by atoms with van der Waals surface area (Å²) in [5.74, 6) is 0.592. The SMILES string of the molecule is CC(C)C(C)Cc1cccc([N+](=O)[O-])c1[N+](=O)[O-]. The van der Waals surface area contributed by atoms with Crippen LogP contribution in [0.15, 0.2) is 18.2 Å². The summed E-state index contributed by atoms with van der Waals surface area (Å²) in [7, 11) is 0. The van der Waals surface area contributed by atoms with Gasteiger partial charge >= 0.3 is 11.4 Å². The quantitative estimate of drug-likeness (QED) is 0.594. The maximum absolute atomic E-state index is 11.0. The number of nitrogens with zero attached hydrogens (tertiary/aromatic N) is 2. The molecule has 1 rings (SSSR count). The van der Waals surface area contributed by atoms with Gasteiger partial charge in [0.25, 0.3) is 0 Å². The highest BCUT2D eigenvalue weighted by atomic mass is 16.6. The minimum Gasteiger partial charge on any atom is -0.258 e. The van der Waals surface area contributed by atoms with Gasteiger partial charge in [-0.1, -0.05) is 32.9 Å². The maximum atomic E-state index is 11.0. The van der Waals surface area contributed by atoms with Crippen LogP contribution in [0.2, 0.25) is 0 Å². The fourth-order valence-corrected chi connectivity index (χ4v) is 1.68. The van der Waals surface area contributed by atoms with Gasteiger partial charge < -0.3 is 0 Å². The van der Waals surface area contributed by atoms with Gasteiger partial charge in [-0.05, 0) is 18.3 Å². The van der Waals surface area contributed by atoms with Crippen LogP contribution in [0.3, 0.4) is 0 Å². The maximum Gasteiger partial charge on any atom is 0.349 e. The van der Waals surface area contributed by atoms with E-state index in [4.69, 9.17) is 0 Å². The Bertz CT molecular complexity index is 471. The Morgan fingerprint density at radius 2 is 1.72 bits per heavy atom. The summed E-state index contributed by atoms with van der Waals surface area (Å²) in [6.07, 6.45) is 0.468. The molecule has 0 bridgehead atoms. The number of para-hydroxylation sites is 1. The topological polar surface area (TPSA) is 86.3 Å². The van der Waals surface area contributed by atoms with Crippen molar-refractivity contribution in [1.82, 2.24) is 0 Å². The summed E-state index contributed by atoms with van der Waals surface area (Å²) >= 11 is 0. The van der Waals surface area contributed by atoms with Gasteiger partial charge in [-0.25, -0.2) is 0 Å². The van der Waals surface area contributed by atoms with Gasteiger partial charge in [0.15, 0.2) is 0 Å². The molecule has 6 heteroatoms. The van der Waals surface area contributed by atoms with E-state index in [1.807, 2.05) is 20.8 Å². The van der Waals surface area contributed by atoms with Crippen molar-refractivity contribution >= 4 is 11.4 Å². The Morgan fingerprint density at radius 3 is 2.17 bits per heavy atom. The molecule has 0 spiro atoms. The zero-order valence-electron chi connectivity index (χ0n) is 10.6. The molecule has 1 atom stereocenters. The van der Waals surface area contributed by atoms with Crippen LogP contribution in [0.25, 0.3) is 0 Å². The molecule has 18 heavy (non-hydrogen) atoms. The molecule has 0 fully saturated rings. The van der Waals surface area contributed by atoms with Crippen LogP contribution in [-0.2, 0) is 6.42 Å². The van der Waals surface area contributed by atoms with Crippen LogP contribution in [0.4, 0.5) is 11.4 Å². The van der Waals surface area contributed by atoms with Crippen molar-refractivity contribution in [3.63, 3.8) is 0 Å². The first-order valence-electron chi connectivity index (χ1n) is 5.75. The predicted octanol–water partition coefficient (Wildman–Crippen LogP) is 3.34. The first-order valence-corrected chi connectivity index (χ1v) is 5.75. The zero-order valence-corrected chi connectivity index (χ0v) is 10.6. The largest absolute Gasteiger partial charge is 0.349 e. The summed E-state index contributed by atoms with van der Waals surface area (Å²) in [6, 6.07) is 4.25. The lowest BCUT2D eigenvalue weighted by molar-refractivity contribution is -0.423. The summed E-state index contributed by atoms with van der Waals surface area (Å²) < 4.78 is 0. The molecule has 6 nitrogen and oxygen atoms in total. The Hall–Kier alpha value is -1.98. The van der Waals surface area contributed by atoms with Crippen molar-refractivity contribution in [3.05, 3.63) is 44.0 Å². The molecule has 0 saturated heterocycles. The Kier molecular flexibility index (Phi) is 4.36. The number of hydrogen-bond donors (Lipinski definition) is 0. The van der Waals surface area contributed by atoms with Gasteiger partial charge in [-0.15, -0.1) is 0 Å². The van der Waals surface area contributed by atoms with Crippen molar-refractivity contribution in [2.24, 2.45) is 11.8 Å². The van der Waals surface area contributed by atoms with E-state index >= 15 is 0 Å². The van der Waals surface area contributed by atoms with E-state index < -0.39 is 15.5 Å². The standard InChI is InChI=1S/C12H16N2O4/c1-8(2)9(3)7-10-5-4-6-11(13(15)16)12(10)14(17)18/h4-6,8-9H,7H2,1-3H3. The van der Waals surface area contributed by atoms with Gasteiger partial charge in [-0.3, -0.25) is 20.2 Å². The molecule has 0 aliphatic heterocycles. The third-order valence-electron chi connectivity index (χ3n) is 3.16. The average molecular weight is 252 g/mol. The van der Waals surface area contributed by atoms with Crippen LogP contribution in [0, 0.1) is 32.1 Å². The predicted molar refractivity (Wildman–Crippen MR) is 67.5 cm³/mol. The first-order chi connectivity index (χ1) is 8.34. The summed E-state index contributed by atoms with van der Waals surface area (Å²) in [5, 5.41) is 21.8. The van der Waals surface area contributed by atoms with Gasteiger partial charge in [-0.2, -0.15) is 0 Å². The van der Waals surface area contributed by atoms with Crippen molar-refractivity contribution in [3.8, 4) is 0 Å². The first kappa shape index (κ1) is 14.1. The van der Waals surface area contributed by atoms with Crippen molar-refractivity contribution in [1.29, 1.82) is 0 Å². The second-order valence-corrected chi connectivity index (χ2v) is 4.72. The van der Waals surface area contributed by atoms with Crippen LogP contribution in [0.5, 0.6) is 0 Å². The van der Waals surface area contributed by atoms with Crippen LogP contribution in [-0.4, -0.2) is 9.85 Å². The third kappa shape index (κ3) is 3.03. The lowest BCUT2D eigenvalue weighted by atomic mass is 9.90. The summed E-state index contributed by atoms with van der Waals surface area (Å²) in [6.45, 7) is 6.02. The summed E-state index contributed by atoms with van der Waals surface area (Å²) in [5.41, 5.74) is -0.390. The molecule has 0 radical (unpaired) electrons. The van der Waals surface area contributed by atoms with Crippen molar-refractivity contribution in [2.45, 2.75) is 27.2 Å². The summed E-state index contributed by atoms with van der Waals surface area (Å²) in [4.78, 5) is 20.4. The van der Waals surface area contributed by atoms with E-state index in [-0.39, 0.29) is 11.6 Å². The second-order valence-electron chi connectivity index (χ2n) is 4.72. The van der Waals surface area contributed by atoms with E-state index in [1.54, 1.807) is 6.07 Å². The van der Waals surface area contributed by atoms with Gasteiger partial charge in [0.2, 0.25) is 0 Å². The fourth-order valence-electron chi connectivity index (χ4n) is 1.68. The molecule has 1 unspecified atom stereocenters. The molecule has 1 aromatic carbocycles. The average Bonchev–Trinajstić information content (AvgIpc) is 2.27. The van der Waals surface area contributed by atoms with E-state index in [1.165, 1.54) is 12.1 Å². The number of nitro groups is 2. The normalized spacial score (nSPS) is 12.4. The number of benzene rings is 1. The molecule has 0 aliphatic rings.